The number of para-hydroxylation sites is 1. The predicted octanol–water partition coefficient (Wildman–Crippen LogP) is 3.65. The van der Waals surface area contributed by atoms with Gasteiger partial charge < -0.3 is 0 Å². The number of hydroxylamine groups is 2. The fourth-order valence-corrected chi connectivity index (χ4v) is 2.60. The zero-order valence-corrected chi connectivity index (χ0v) is 13.9. The van der Waals surface area contributed by atoms with Crippen LogP contribution in [0, 0.1) is 0 Å². The van der Waals surface area contributed by atoms with Gasteiger partial charge in [-0.3, -0.25) is 14.6 Å². The number of carbonyl (C=O) groups is 1. The molecule has 0 saturated carbocycles. The third-order valence-corrected chi connectivity index (χ3v) is 4.09. The summed E-state index contributed by atoms with van der Waals surface area (Å²) < 4.78 is 0. The van der Waals surface area contributed by atoms with E-state index in [2.05, 4.69) is 18.2 Å². The lowest BCUT2D eigenvalue weighted by Gasteiger charge is -2.13. The summed E-state index contributed by atoms with van der Waals surface area (Å²) >= 11 is 0. The number of hydrogen-bond acceptors (Lipinski definition) is 3. The van der Waals surface area contributed by atoms with E-state index in [0.717, 1.165) is 29.4 Å². The maximum atomic E-state index is 12.0. The maximum absolute atomic E-state index is 12.0. The van der Waals surface area contributed by atoms with E-state index >= 15 is 0 Å². The lowest BCUT2D eigenvalue weighted by molar-refractivity contribution is -0.0756. The number of pyridine rings is 1. The van der Waals surface area contributed by atoms with Crippen LogP contribution < -0.4 is 0 Å². The summed E-state index contributed by atoms with van der Waals surface area (Å²) in [6, 6.07) is 20.0. The summed E-state index contributed by atoms with van der Waals surface area (Å²) in [6.07, 6.45) is 1.76. The van der Waals surface area contributed by atoms with Crippen molar-refractivity contribution < 1.29 is 9.63 Å². The molecule has 0 fully saturated rings. The first-order valence-electron chi connectivity index (χ1n) is 7.93. The largest absolute Gasteiger partial charge is 0.277 e. The number of aryl methyl sites for hydroxylation is 2. The first-order valence-corrected chi connectivity index (χ1v) is 7.93. The fraction of sp³-hybridized carbons (Fsp3) is 0.200. The van der Waals surface area contributed by atoms with Crippen LogP contribution in [0.15, 0.2) is 60.7 Å². The molecule has 1 heterocycles. The molecule has 0 N–H and O–H groups in total. The Labute approximate surface area is 141 Å². The molecule has 0 atom stereocenters. The first kappa shape index (κ1) is 16.1. The van der Waals surface area contributed by atoms with Crippen LogP contribution in [0.3, 0.4) is 0 Å². The van der Waals surface area contributed by atoms with Gasteiger partial charge in [0.2, 0.25) is 0 Å². The second-order valence-corrected chi connectivity index (χ2v) is 5.68. The standard InChI is InChI=1S/C20H20N2O2/c1-22(24-2)20(23)17-10-7-15(8-11-17)9-13-18-14-12-16-5-3-4-6-19(16)21-18/h3-8,10-12,14H,9,13H2,1-2H3. The smallest absolute Gasteiger partial charge is 0.274 e. The number of benzene rings is 2. The molecular weight excluding hydrogens is 300 g/mol. The average Bonchev–Trinajstić information content (AvgIpc) is 2.65. The van der Waals surface area contributed by atoms with Crippen molar-refractivity contribution in [2.45, 2.75) is 12.8 Å². The molecular formula is C20H20N2O2. The van der Waals surface area contributed by atoms with Gasteiger partial charge in [-0.1, -0.05) is 36.4 Å². The molecule has 0 aliphatic heterocycles. The van der Waals surface area contributed by atoms with Crippen LogP contribution in [0.5, 0.6) is 0 Å². The summed E-state index contributed by atoms with van der Waals surface area (Å²) in [7, 11) is 3.07. The number of carbonyl (C=O) groups excluding carboxylic acids is 1. The Morgan fingerprint density at radius 3 is 2.50 bits per heavy atom. The van der Waals surface area contributed by atoms with Crippen molar-refractivity contribution in [2.75, 3.05) is 14.2 Å². The average molecular weight is 320 g/mol. The van der Waals surface area contributed by atoms with Gasteiger partial charge in [0, 0.05) is 23.7 Å². The van der Waals surface area contributed by atoms with Crippen LogP contribution in [0.25, 0.3) is 10.9 Å². The Hall–Kier alpha value is -2.72. The van der Waals surface area contributed by atoms with Crippen LogP contribution >= 0.6 is 0 Å². The molecule has 4 heteroatoms. The Bertz CT molecular complexity index is 844. The highest BCUT2D eigenvalue weighted by molar-refractivity contribution is 5.93. The molecule has 0 saturated heterocycles. The van der Waals surface area contributed by atoms with Crippen molar-refractivity contribution >= 4 is 16.8 Å². The van der Waals surface area contributed by atoms with Crippen molar-refractivity contribution in [2.24, 2.45) is 0 Å². The zero-order chi connectivity index (χ0) is 16.9. The normalized spacial score (nSPS) is 10.8. The van der Waals surface area contributed by atoms with E-state index in [1.165, 1.54) is 17.7 Å². The van der Waals surface area contributed by atoms with E-state index in [1.54, 1.807) is 7.05 Å². The number of hydrogen-bond donors (Lipinski definition) is 0. The van der Waals surface area contributed by atoms with Gasteiger partial charge in [0.25, 0.3) is 5.91 Å². The molecule has 0 bridgehead atoms. The Morgan fingerprint density at radius 1 is 1.00 bits per heavy atom. The summed E-state index contributed by atoms with van der Waals surface area (Å²) in [5.41, 5.74) is 3.90. The van der Waals surface area contributed by atoms with Crippen LogP contribution in [0.1, 0.15) is 21.6 Å². The fourth-order valence-electron chi connectivity index (χ4n) is 2.60. The molecule has 1 aromatic heterocycles. The highest BCUT2D eigenvalue weighted by atomic mass is 16.7. The quantitative estimate of drug-likeness (QED) is 0.674. The highest BCUT2D eigenvalue weighted by Crippen LogP contribution is 2.14. The van der Waals surface area contributed by atoms with Crippen molar-refractivity contribution in [1.82, 2.24) is 10.0 Å². The monoisotopic (exact) mass is 320 g/mol. The molecule has 2 aromatic carbocycles. The van der Waals surface area contributed by atoms with Crippen molar-refractivity contribution in [3.63, 3.8) is 0 Å². The minimum absolute atomic E-state index is 0.153. The minimum atomic E-state index is -0.153. The van der Waals surface area contributed by atoms with Crippen molar-refractivity contribution in [3.05, 3.63) is 77.5 Å². The predicted molar refractivity (Wildman–Crippen MR) is 94.7 cm³/mol. The second-order valence-electron chi connectivity index (χ2n) is 5.68. The van der Waals surface area contributed by atoms with E-state index in [4.69, 9.17) is 9.82 Å². The zero-order valence-electron chi connectivity index (χ0n) is 13.9. The lowest BCUT2D eigenvalue weighted by Crippen LogP contribution is -2.25. The van der Waals surface area contributed by atoms with E-state index in [-0.39, 0.29) is 5.91 Å². The molecule has 0 spiro atoms. The van der Waals surface area contributed by atoms with Crippen LogP contribution in [0.2, 0.25) is 0 Å². The van der Waals surface area contributed by atoms with E-state index < -0.39 is 0 Å². The lowest BCUT2D eigenvalue weighted by atomic mass is 10.0. The van der Waals surface area contributed by atoms with E-state index in [0.29, 0.717) is 5.56 Å². The van der Waals surface area contributed by atoms with E-state index in [1.807, 2.05) is 42.5 Å². The van der Waals surface area contributed by atoms with Gasteiger partial charge in [0.05, 0.1) is 12.6 Å². The third-order valence-electron chi connectivity index (χ3n) is 4.09. The second kappa shape index (κ2) is 7.23. The van der Waals surface area contributed by atoms with Gasteiger partial charge >= 0.3 is 0 Å². The molecule has 122 valence electrons. The van der Waals surface area contributed by atoms with Crippen LogP contribution in [-0.2, 0) is 17.7 Å². The minimum Gasteiger partial charge on any atom is -0.274 e. The number of nitrogens with zero attached hydrogens (tertiary/aromatic N) is 2. The molecule has 0 radical (unpaired) electrons. The number of aromatic nitrogens is 1. The topological polar surface area (TPSA) is 42.4 Å². The molecule has 0 aliphatic carbocycles. The Kier molecular flexibility index (Phi) is 4.87. The van der Waals surface area contributed by atoms with Gasteiger partial charge in [0.1, 0.15) is 0 Å². The van der Waals surface area contributed by atoms with Crippen molar-refractivity contribution in [1.29, 1.82) is 0 Å². The van der Waals surface area contributed by atoms with Crippen LogP contribution in [-0.4, -0.2) is 30.1 Å². The highest BCUT2D eigenvalue weighted by Gasteiger charge is 2.10. The number of rotatable bonds is 5. The first-order chi connectivity index (χ1) is 11.7. The molecule has 3 aromatic rings. The number of fused-ring (bicyclic) bond motifs is 1. The summed E-state index contributed by atoms with van der Waals surface area (Å²) in [4.78, 5) is 21.6. The molecule has 24 heavy (non-hydrogen) atoms. The summed E-state index contributed by atoms with van der Waals surface area (Å²) in [5.74, 6) is -0.153. The Balaban J connectivity index is 1.66. The van der Waals surface area contributed by atoms with Gasteiger partial charge in [-0.2, -0.15) is 0 Å². The molecule has 1 amide bonds. The van der Waals surface area contributed by atoms with Gasteiger partial charge in [-0.15, -0.1) is 0 Å². The Morgan fingerprint density at radius 2 is 1.75 bits per heavy atom. The molecule has 4 nitrogen and oxygen atoms in total. The molecule has 3 rings (SSSR count). The summed E-state index contributed by atoms with van der Waals surface area (Å²) in [6.45, 7) is 0. The van der Waals surface area contributed by atoms with Gasteiger partial charge in [0.15, 0.2) is 0 Å². The maximum Gasteiger partial charge on any atom is 0.277 e. The van der Waals surface area contributed by atoms with Gasteiger partial charge in [-0.05, 0) is 42.7 Å². The van der Waals surface area contributed by atoms with Crippen molar-refractivity contribution in [3.8, 4) is 0 Å². The van der Waals surface area contributed by atoms with E-state index in [9.17, 15) is 4.79 Å². The van der Waals surface area contributed by atoms with Crippen LogP contribution in [0.4, 0.5) is 0 Å². The van der Waals surface area contributed by atoms with Gasteiger partial charge in [-0.25, -0.2) is 5.06 Å². The molecule has 0 aliphatic rings. The SMILES string of the molecule is CON(C)C(=O)c1ccc(CCc2ccc3ccccc3n2)cc1. The number of amides is 1. The third kappa shape index (κ3) is 3.60. The summed E-state index contributed by atoms with van der Waals surface area (Å²) in [5, 5.41) is 2.37. The molecule has 0 unspecified atom stereocenters.